The molecule has 0 unspecified atom stereocenters. The van der Waals surface area contributed by atoms with Gasteiger partial charge in [-0.1, -0.05) is 0 Å². The number of anilines is 2. The summed E-state index contributed by atoms with van der Waals surface area (Å²) < 4.78 is 5.31. The maximum absolute atomic E-state index is 11.8. The Kier molecular flexibility index (Phi) is 3.36. The van der Waals surface area contributed by atoms with Crippen LogP contribution in [0.5, 0.6) is 5.75 Å². The Morgan fingerprint density at radius 3 is 3.00 bits per heavy atom. The summed E-state index contributed by atoms with van der Waals surface area (Å²) in [5.74, 6) is -0.559. The van der Waals surface area contributed by atoms with Crippen LogP contribution in [-0.2, 0) is 9.59 Å². The molecule has 0 aromatic heterocycles. The summed E-state index contributed by atoms with van der Waals surface area (Å²) in [6.45, 7) is 0.100. The Morgan fingerprint density at radius 2 is 2.33 bits per heavy atom. The Morgan fingerprint density at radius 1 is 1.56 bits per heavy atom. The van der Waals surface area contributed by atoms with Crippen molar-refractivity contribution in [1.29, 1.82) is 0 Å². The van der Waals surface area contributed by atoms with Crippen LogP contribution in [0.1, 0.15) is 6.42 Å². The molecular formula is C12H14N2O4. The SMILES string of the molecule is CNc1ccc2c(c1)N(CCC(=O)O)C(=O)CO2. The van der Waals surface area contributed by atoms with Gasteiger partial charge in [-0.2, -0.15) is 0 Å². The number of fused-ring (bicyclic) bond motifs is 1. The second kappa shape index (κ2) is 4.95. The Labute approximate surface area is 104 Å². The van der Waals surface area contributed by atoms with Crippen LogP contribution in [0.2, 0.25) is 0 Å². The molecule has 1 aromatic rings. The first-order chi connectivity index (χ1) is 8.61. The molecule has 0 bridgehead atoms. The van der Waals surface area contributed by atoms with Crippen LogP contribution in [0.25, 0.3) is 0 Å². The molecule has 0 spiro atoms. The quantitative estimate of drug-likeness (QED) is 0.831. The fraction of sp³-hybridized carbons (Fsp3) is 0.333. The molecule has 1 aromatic carbocycles. The van der Waals surface area contributed by atoms with E-state index >= 15 is 0 Å². The van der Waals surface area contributed by atoms with Crippen LogP contribution < -0.4 is 15.0 Å². The largest absolute Gasteiger partial charge is 0.482 e. The summed E-state index contributed by atoms with van der Waals surface area (Å²) in [7, 11) is 1.77. The van der Waals surface area contributed by atoms with Crippen molar-refractivity contribution in [2.24, 2.45) is 0 Å². The number of carbonyl (C=O) groups is 2. The van der Waals surface area contributed by atoms with Crippen LogP contribution in [0.3, 0.4) is 0 Å². The fourth-order valence-electron chi connectivity index (χ4n) is 1.81. The minimum absolute atomic E-state index is 0.0501. The van der Waals surface area contributed by atoms with Crippen LogP contribution >= 0.6 is 0 Å². The van der Waals surface area contributed by atoms with Gasteiger partial charge < -0.3 is 20.1 Å². The summed E-state index contributed by atoms with van der Waals surface area (Å²) in [5, 5.41) is 11.7. The van der Waals surface area contributed by atoms with Gasteiger partial charge in [-0.3, -0.25) is 9.59 Å². The zero-order chi connectivity index (χ0) is 13.1. The third kappa shape index (κ3) is 2.37. The molecule has 0 aliphatic carbocycles. The van der Waals surface area contributed by atoms with E-state index < -0.39 is 5.97 Å². The van der Waals surface area contributed by atoms with E-state index in [0.717, 1.165) is 5.69 Å². The summed E-state index contributed by atoms with van der Waals surface area (Å²) in [6.07, 6.45) is -0.0883. The lowest BCUT2D eigenvalue weighted by Crippen LogP contribution is -2.40. The third-order valence-electron chi connectivity index (χ3n) is 2.74. The maximum Gasteiger partial charge on any atom is 0.305 e. The van der Waals surface area contributed by atoms with Gasteiger partial charge in [0.2, 0.25) is 0 Å². The highest BCUT2D eigenvalue weighted by molar-refractivity contribution is 5.98. The maximum atomic E-state index is 11.8. The molecule has 96 valence electrons. The topological polar surface area (TPSA) is 78.9 Å². The number of nitrogens with zero attached hydrogens (tertiary/aromatic N) is 1. The van der Waals surface area contributed by atoms with E-state index in [9.17, 15) is 9.59 Å². The van der Waals surface area contributed by atoms with Gasteiger partial charge in [0.25, 0.3) is 5.91 Å². The van der Waals surface area contributed by atoms with Gasteiger partial charge in [-0.15, -0.1) is 0 Å². The lowest BCUT2D eigenvalue weighted by atomic mass is 10.2. The summed E-state index contributed by atoms with van der Waals surface area (Å²) >= 11 is 0. The lowest BCUT2D eigenvalue weighted by Gasteiger charge is -2.29. The highest BCUT2D eigenvalue weighted by atomic mass is 16.5. The predicted molar refractivity (Wildman–Crippen MR) is 66.1 cm³/mol. The molecule has 1 aliphatic rings. The summed E-state index contributed by atoms with van der Waals surface area (Å²) in [4.78, 5) is 23.8. The Balaban J connectivity index is 2.29. The molecule has 18 heavy (non-hydrogen) atoms. The van der Waals surface area contributed by atoms with Crippen molar-refractivity contribution in [1.82, 2.24) is 0 Å². The highest BCUT2D eigenvalue weighted by Crippen LogP contribution is 2.34. The molecule has 0 radical (unpaired) electrons. The molecule has 6 nitrogen and oxygen atoms in total. The molecule has 6 heteroatoms. The van der Waals surface area contributed by atoms with E-state index in [1.807, 2.05) is 6.07 Å². The van der Waals surface area contributed by atoms with E-state index in [1.165, 1.54) is 4.90 Å². The molecule has 1 heterocycles. The molecule has 0 atom stereocenters. The molecule has 2 N–H and O–H groups in total. The average molecular weight is 250 g/mol. The van der Waals surface area contributed by atoms with Crippen LogP contribution in [-0.4, -0.2) is 37.2 Å². The number of ether oxygens (including phenoxy) is 1. The number of rotatable bonds is 4. The number of carbonyl (C=O) groups excluding carboxylic acids is 1. The first-order valence-corrected chi connectivity index (χ1v) is 5.58. The first-order valence-electron chi connectivity index (χ1n) is 5.58. The van der Waals surface area contributed by atoms with E-state index in [-0.39, 0.29) is 25.5 Å². The number of hydrogen-bond donors (Lipinski definition) is 2. The van der Waals surface area contributed by atoms with Crippen molar-refractivity contribution in [2.45, 2.75) is 6.42 Å². The standard InChI is InChI=1S/C12H14N2O4/c1-13-8-2-3-10-9(6-8)14(5-4-12(16)17)11(15)7-18-10/h2-3,6,13H,4-5,7H2,1H3,(H,16,17). The van der Waals surface area contributed by atoms with Gasteiger partial charge in [-0.05, 0) is 18.2 Å². The predicted octanol–water partition coefficient (Wildman–Crippen LogP) is 0.928. The minimum Gasteiger partial charge on any atom is -0.482 e. The highest BCUT2D eigenvalue weighted by Gasteiger charge is 2.25. The average Bonchev–Trinajstić information content (AvgIpc) is 2.36. The van der Waals surface area contributed by atoms with Crippen LogP contribution in [0.15, 0.2) is 18.2 Å². The summed E-state index contributed by atoms with van der Waals surface area (Å²) in [6, 6.07) is 5.37. The first kappa shape index (κ1) is 12.2. The molecule has 0 saturated carbocycles. The van der Waals surface area contributed by atoms with Crippen LogP contribution in [0, 0.1) is 0 Å². The monoisotopic (exact) mass is 250 g/mol. The molecule has 1 amide bonds. The lowest BCUT2D eigenvalue weighted by molar-refractivity contribution is -0.136. The number of benzene rings is 1. The Bertz CT molecular complexity index is 487. The number of nitrogens with one attached hydrogen (secondary N) is 1. The van der Waals surface area contributed by atoms with E-state index in [0.29, 0.717) is 11.4 Å². The molecular weight excluding hydrogens is 236 g/mol. The molecule has 1 aliphatic heterocycles. The van der Waals surface area contributed by atoms with Gasteiger partial charge >= 0.3 is 5.97 Å². The van der Waals surface area contributed by atoms with Crippen molar-refractivity contribution < 1.29 is 19.4 Å². The van der Waals surface area contributed by atoms with Gasteiger partial charge in [0.05, 0.1) is 12.1 Å². The molecule has 2 rings (SSSR count). The van der Waals surface area contributed by atoms with Gasteiger partial charge in [0.1, 0.15) is 5.75 Å². The van der Waals surface area contributed by atoms with Crippen molar-refractivity contribution in [3.05, 3.63) is 18.2 Å². The van der Waals surface area contributed by atoms with Crippen molar-refractivity contribution >= 4 is 23.3 Å². The summed E-state index contributed by atoms with van der Waals surface area (Å²) in [5.41, 5.74) is 1.45. The van der Waals surface area contributed by atoms with E-state index in [2.05, 4.69) is 5.32 Å². The van der Waals surface area contributed by atoms with E-state index in [1.54, 1.807) is 19.2 Å². The van der Waals surface area contributed by atoms with Crippen molar-refractivity contribution in [3.63, 3.8) is 0 Å². The zero-order valence-electron chi connectivity index (χ0n) is 9.97. The van der Waals surface area contributed by atoms with E-state index in [4.69, 9.17) is 9.84 Å². The Hall–Kier alpha value is -2.24. The van der Waals surface area contributed by atoms with Gasteiger partial charge in [-0.25, -0.2) is 0 Å². The second-order valence-electron chi connectivity index (χ2n) is 3.91. The smallest absolute Gasteiger partial charge is 0.305 e. The fourth-order valence-corrected chi connectivity index (χ4v) is 1.81. The number of hydrogen-bond acceptors (Lipinski definition) is 4. The number of carboxylic acid groups (broad SMARTS) is 1. The number of aliphatic carboxylic acids is 1. The molecule has 0 fully saturated rings. The number of carboxylic acids is 1. The van der Waals surface area contributed by atoms with Gasteiger partial charge in [0.15, 0.2) is 6.61 Å². The normalized spacial score (nSPS) is 13.8. The number of amides is 1. The second-order valence-corrected chi connectivity index (χ2v) is 3.91. The third-order valence-corrected chi connectivity index (χ3v) is 2.74. The van der Waals surface area contributed by atoms with Gasteiger partial charge in [0, 0.05) is 19.3 Å². The van der Waals surface area contributed by atoms with Crippen molar-refractivity contribution in [2.75, 3.05) is 30.4 Å². The van der Waals surface area contributed by atoms with Crippen LogP contribution in [0.4, 0.5) is 11.4 Å². The molecule has 0 saturated heterocycles. The zero-order valence-corrected chi connectivity index (χ0v) is 9.97. The minimum atomic E-state index is -0.930. The van der Waals surface area contributed by atoms with Crippen molar-refractivity contribution in [3.8, 4) is 5.75 Å².